The van der Waals surface area contributed by atoms with Crippen molar-refractivity contribution in [3.63, 3.8) is 0 Å². The number of hydrogen-bond acceptors (Lipinski definition) is 4. The molecule has 0 aromatic carbocycles. The Morgan fingerprint density at radius 1 is 1.37 bits per heavy atom. The minimum Gasteiger partial charge on any atom is -0.355 e. The topological polar surface area (TPSA) is 92.5 Å². The quantitative estimate of drug-likeness (QED) is 0.517. The summed E-state index contributed by atoms with van der Waals surface area (Å²) in [5, 5.41) is 2.71. The molecule has 0 aromatic rings. The summed E-state index contributed by atoms with van der Waals surface area (Å²) in [6.45, 7) is 2.78. The largest absolute Gasteiger partial charge is 0.355 e. The van der Waals surface area contributed by atoms with Gasteiger partial charge in [0.1, 0.15) is 0 Å². The Hall–Kier alpha value is -1.14. The van der Waals surface area contributed by atoms with Crippen molar-refractivity contribution >= 4 is 30.1 Å². The van der Waals surface area contributed by atoms with Crippen molar-refractivity contribution in [2.24, 2.45) is 5.73 Å². The number of halogens is 1. The van der Waals surface area contributed by atoms with Crippen molar-refractivity contribution in [1.29, 1.82) is 0 Å². The second-order valence-corrected chi connectivity index (χ2v) is 4.48. The molecule has 3 amide bonds. The first kappa shape index (κ1) is 17.9. The molecule has 1 heterocycles. The van der Waals surface area contributed by atoms with E-state index in [9.17, 15) is 14.4 Å². The van der Waals surface area contributed by atoms with Gasteiger partial charge in [-0.3, -0.25) is 19.3 Å². The molecule has 110 valence electrons. The van der Waals surface area contributed by atoms with Crippen LogP contribution in [0.25, 0.3) is 0 Å². The summed E-state index contributed by atoms with van der Waals surface area (Å²) in [7, 11) is 0. The first-order valence-electron chi connectivity index (χ1n) is 6.42. The molecule has 0 radical (unpaired) electrons. The molecule has 1 unspecified atom stereocenters. The lowest BCUT2D eigenvalue weighted by Gasteiger charge is -2.15. The highest BCUT2D eigenvalue weighted by atomic mass is 35.5. The number of carbonyl (C=O) groups is 3. The first-order valence-corrected chi connectivity index (χ1v) is 6.42. The Labute approximate surface area is 119 Å². The molecule has 1 atom stereocenters. The van der Waals surface area contributed by atoms with Crippen LogP contribution >= 0.6 is 12.4 Å². The van der Waals surface area contributed by atoms with Gasteiger partial charge in [0.05, 0.1) is 6.04 Å². The number of imide groups is 1. The number of carbonyl (C=O) groups excluding carboxylic acids is 3. The molecule has 0 saturated carbocycles. The Morgan fingerprint density at radius 2 is 1.95 bits per heavy atom. The third kappa shape index (κ3) is 5.57. The zero-order valence-corrected chi connectivity index (χ0v) is 12.0. The molecule has 1 fully saturated rings. The molecule has 7 heteroatoms. The Kier molecular flexibility index (Phi) is 8.34. The van der Waals surface area contributed by atoms with E-state index in [0.29, 0.717) is 38.8 Å². The van der Waals surface area contributed by atoms with Crippen LogP contribution in [0.4, 0.5) is 0 Å². The van der Waals surface area contributed by atoms with Crippen molar-refractivity contribution in [1.82, 2.24) is 10.2 Å². The SMILES string of the molecule is CCCC(N)C(=O)NCCCN1C(=O)CCC1=O.Cl. The molecule has 1 saturated heterocycles. The van der Waals surface area contributed by atoms with Gasteiger partial charge in [0.25, 0.3) is 0 Å². The van der Waals surface area contributed by atoms with Crippen LogP contribution in [0, 0.1) is 0 Å². The molecule has 0 aromatic heterocycles. The molecular weight excluding hydrogens is 270 g/mol. The summed E-state index contributed by atoms with van der Waals surface area (Å²) in [4.78, 5) is 35.3. The van der Waals surface area contributed by atoms with Gasteiger partial charge in [-0.15, -0.1) is 12.4 Å². The summed E-state index contributed by atoms with van der Waals surface area (Å²) >= 11 is 0. The van der Waals surface area contributed by atoms with Crippen LogP contribution in [0.1, 0.15) is 39.0 Å². The third-order valence-electron chi connectivity index (χ3n) is 2.95. The van der Waals surface area contributed by atoms with Gasteiger partial charge in [-0.05, 0) is 12.8 Å². The van der Waals surface area contributed by atoms with E-state index in [4.69, 9.17) is 5.73 Å². The average molecular weight is 292 g/mol. The number of rotatable bonds is 7. The molecule has 3 N–H and O–H groups in total. The van der Waals surface area contributed by atoms with Crippen molar-refractivity contribution in [2.45, 2.75) is 45.1 Å². The highest BCUT2D eigenvalue weighted by Crippen LogP contribution is 2.11. The summed E-state index contributed by atoms with van der Waals surface area (Å²) in [6, 6.07) is -0.468. The number of amides is 3. The number of nitrogens with one attached hydrogen (secondary N) is 1. The molecule has 1 rings (SSSR count). The Morgan fingerprint density at radius 3 is 2.47 bits per heavy atom. The van der Waals surface area contributed by atoms with Gasteiger partial charge in [-0.2, -0.15) is 0 Å². The third-order valence-corrected chi connectivity index (χ3v) is 2.95. The standard InChI is InChI=1S/C12H21N3O3.ClH/c1-2-4-9(13)12(18)14-7-3-8-15-10(16)5-6-11(15)17;/h9H,2-8,13H2,1H3,(H,14,18);1H. The van der Waals surface area contributed by atoms with Gasteiger partial charge >= 0.3 is 0 Å². The normalized spacial score (nSPS) is 16.2. The van der Waals surface area contributed by atoms with E-state index in [1.807, 2.05) is 6.92 Å². The molecule has 0 bridgehead atoms. The zero-order valence-electron chi connectivity index (χ0n) is 11.2. The minimum absolute atomic E-state index is 0. The van der Waals surface area contributed by atoms with Gasteiger partial charge in [0.15, 0.2) is 0 Å². The van der Waals surface area contributed by atoms with Crippen LogP contribution in [0.2, 0.25) is 0 Å². The predicted octanol–water partition coefficient (Wildman–Crippen LogP) is 0.191. The number of nitrogens with zero attached hydrogens (tertiary/aromatic N) is 1. The maximum atomic E-state index is 11.5. The fourth-order valence-corrected chi connectivity index (χ4v) is 1.89. The molecular formula is C12H22ClN3O3. The smallest absolute Gasteiger partial charge is 0.236 e. The van der Waals surface area contributed by atoms with Crippen molar-refractivity contribution < 1.29 is 14.4 Å². The van der Waals surface area contributed by atoms with E-state index in [2.05, 4.69) is 5.32 Å². The van der Waals surface area contributed by atoms with Gasteiger partial charge < -0.3 is 11.1 Å². The minimum atomic E-state index is -0.468. The van der Waals surface area contributed by atoms with Crippen LogP contribution in [-0.2, 0) is 14.4 Å². The highest BCUT2D eigenvalue weighted by molar-refractivity contribution is 6.01. The maximum Gasteiger partial charge on any atom is 0.236 e. The number of nitrogens with two attached hydrogens (primary N) is 1. The Balaban J connectivity index is 0.00000324. The number of hydrogen-bond donors (Lipinski definition) is 2. The van der Waals surface area contributed by atoms with E-state index < -0.39 is 6.04 Å². The second-order valence-electron chi connectivity index (χ2n) is 4.48. The van der Waals surface area contributed by atoms with Crippen LogP contribution < -0.4 is 11.1 Å². The van der Waals surface area contributed by atoms with Gasteiger partial charge in [-0.25, -0.2) is 0 Å². The maximum absolute atomic E-state index is 11.5. The van der Waals surface area contributed by atoms with Crippen LogP contribution in [0.15, 0.2) is 0 Å². The fourth-order valence-electron chi connectivity index (χ4n) is 1.89. The van der Waals surface area contributed by atoms with E-state index in [0.717, 1.165) is 6.42 Å². The lowest BCUT2D eigenvalue weighted by atomic mass is 10.1. The summed E-state index contributed by atoms with van der Waals surface area (Å²) < 4.78 is 0. The molecule has 6 nitrogen and oxygen atoms in total. The van der Waals surface area contributed by atoms with E-state index in [1.165, 1.54) is 4.90 Å². The monoisotopic (exact) mass is 291 g/mol. The average Bonchev–Trinajstić information content (AvgIpc) is 2.65. The number of likely N-dealkylation sites (tertiary alicyclic amines) is 1. The van der Waals surface area contributed by atoms with Crippen LogP contribution in [-0.4, -0.2) is 41.8 Å². The van der Waals surface area contributed by atoms with Crippen LogP contribution in [0.5, 0.6) is 0 Å². The molecule has 0 aliphatic carbocycles. The van der Waals surface area contributed by atoms with Crippen molar-refractivity contribution in [3.05, 3.63) is 0 Å². The summed E-state index contributed by atoms with van der Waals surface area (Å²) in [5.74, 6) is -0.404. The van der Waals surface area contributed by atoms with Gasteiger partial charge in [-0.1, -0.05) is 13.3 Å². The Bertz CT molecular complexity index is 320. The lowest BCUT2D eigenvalue weighted by Crippen LogP contribution is -2.41. The molecule has 19 heavy (non-hydrogen) atoms. The first-order chi connectivity index (χ1) is 8.56. The van der Waals surface area contributed by atoms with Gasteiger partial charge in [0.2, 0.25) is 17.7 Å². The predicted molar refractivity (Wildman–Crippen MR) is 73.7 cm³/mol. The van der Waals surface area contributed by atoms with Crippen molar-refractivity contribution in [2.75, 3.05) is 13.1 Å². The highest BCUT2D eigenvalue weighted by Gasteiger charge is 2.27. The fraction of sp³-hybridized carbons (Fsp3) is 0.750. The molecule has 1 aliphatic heterocycles. The molecule has 1 aliphatic rings. The van der Waals surface area contributed by atoms with E-state index >= 15 is 0 Å². The molecule has 0 spiro atoms. The second kappa shape index (κ2) is 8.87. The van der Waals surface area contributed by atoms with Crippen molar-refractivity contribution in [3.8, 4) is 0 Å². The van der Waals surface area contributed by atoms with Crippen LogP contribution in [0.3, 0.4) is 0 Å². The summed E-state index contributed by atoms with van der Waals surface area (Å²) in [6.07, 6.45) is 2.72. The van der Waals surface area contributed by atoms with E-state index in [-0.39, 0.29) is 30.1 Å². The lowest BCUT2D eigenvalue weighted by molar-refractivity contribution is -0.138. The summed E-state index contributed by atoms with van der Waals surface area (Å²) in [5.41, 5.74) is 5.65. The van der Waals surface area contributed by atoms with Gasteiger partial charge in [0, 0.05) is 25.9 Å². The zero-order chi connectivity index (χ0) is 13.5. The van der Waals surface area contributed by atoms with E-state index in [1.54, 1.807) is 0 Å².